The first-order valence-electron chi connectivity index (χ1n) is 7.08. The quantitative estimate of drug-likeness (QED) is 0.861. The third-order valence-electron chi connectivity index (χ3n) is 3.28. The van der Waals surface area contributed by atoms with Gasteiger partial charge in [0.15, 0.2) is 0 Å². The van der Waals surface area contributed by atoms with E-state index in [1.165, 1.54) is 0 Å². The van der Waals surface area contributed by atoms with Crippen molar-refractivity contribution < 1.29 is 14.0 Å². The molecule has 0 aromatic carbocycles. The topological polar surface area (TPSA) is 78.7 Å². The van der Waals surface area contributed by atoms with Crippen LogP contribution in [0, 0.1) is 0 Å². The Balaban J connectivity index is 2.03. The maximum atomic E-state index is 11.9. The first-order valence-corrected chi connectivity index (χ1v) is 7.08. The van der Waals surface area contributed by atoms with Crippen LogP contribution in [0.25, 0.3) is 0 Å². The van der Waals surface area contributed by atoms with Gasteiger partial charge in [0.05, 0.1) is 12.2 Å². The predicted octanol–water partition coefficient (Wildman–Crippen LogP) is 0.259. The molecular weight excluding hydrogens is 272 g/mol. The third-order valence-corrected chi connectivity index (χ3v) is 3.28. The fraction of sp³-hybridized carbons (Fsp3) is 0.643. The molecule has 0 saturated heterocycles. The monoisotopic (exact) mass is 294 g/mol. The van der Waals surface area contributed by atoms with Crippen molar-refractivity contribution in [2.75, 3.05) is 27.2 Å². The fourth-order valence-electron chi connectivity index (χ4n) is 2.14. The largest absolute Gasteiger partial charge is 0.437 e. The molecule has 1 aliphatic heterocycles. The number of carbonyl (C=O) groups is 2. The standard InChI is InChI=1S/C14H22N4O3/c1-9(2)15-13(20)14-16-10-7-18(6-5-11(10)21-14)8-12(19)17(3)4/h9H,5-8H2,1-4H3,(H,15,20). The highest BCUT2D eigenvalue weighted by Crippen LogP contribution is 2.19. The molecule has 2 rings (SSSR count). The van der Waals surface area contributed by atoms with Crippen LogP contribution in [-0.2, 0) is 17.8 Å². The van der Waals surface area contributed by atoms with Crippen LogP contribution in [-0.4, -0.2) is 59.8 Å². The number of amides is 2. The average Bonchev–Trinajstić information content (AvgIpc) is 2.80. The zero-order chi connectivity index (χ0) is 15.6. The summed E-state index contributed by atoms with van der Waals surface area (Å²) in [5, 5.41) is 2.76. The summed E-state index contributed by atoms with van der Waals surface area (Å²) in [6.07, 6.45) is 0.665. The van der Waals surface area contributed by atoms with Gasteiger partial charge in [-0.05, 0) is 13.8 Å². The number of hydrogen-bond acceptors (Lipinski definition) is 5. The highest BCUT2D eigenvalue weighted by atomic mass is 16.4. The molecule has 2 heterocycles. The van der Waals surface area contributed by atoms with Gasteiger partial charge in [0.1, 0.15) is 5.76 Å². The highest BCUT2D eigenvalue weighted by Gasteiger charge is 2.26. The van der Waals surface area contributed by atoms with Crippen molar-refractivity contribution in [1.82, 2.24) is 20.1 Å². The SMILES string of the molecule is CC(C)NC(=O)c1nc2c(o1)CCN(CC(=O)N(C)C)C2. The van der Waals surface area contributed by atoms with E-state index < -0.39 is 0 Å². The van der Waals surface area contributed by atoms with E-state index in [0.29, 0.717) is 19.5 Å². The molecular formula is C14H22N4O3. The summed E-state index contributed by atoms with van der Waals surface area (Å²) in [4.78, 5) is 31.5. The van der Waals surface area contributed by atoms with Crippen molar-refractivity contribution in [3.63, 3.8) is 0 Å². The maximum Gasteiger partial charge on any atom is 0.307 e. The van der Waals surface area contributed by atoms with Crippen LogP contribution in [0.1, 0.15) is 36.0 Å². The van der Waals surface area contributed by atoms with E-state index in [0.717, 1.165) is 18.0 Å². The van der Waals surface area contributed by atoms with Crippen molar-refractivity contribution >= 4 is 11.8 Å². The molecule has 0 spiro atoms. The Morgan fingerprint density at radius 3 is 2.76 bits per heavy atom. The molecule has 0 bridgehead atoms. The van der Waals surface area contributed by atoms with Crippen LogP contribution in [0.15, 0.2) is 4.42 Å². The normalized spacial score (nSPS) is 14.9. The van der Waals surface area contributed by atoms with Crippen molar-refractivity contribution in [2.45, 2.75) is 32.9 Å². The fourth-order valence-corrected chi connectivity index (χ4v) is 2.14. The predicted molar refractivity (Wildman–Crippen MR) is 76.8 cm³/mol. The lowest BCUT2D eigenvalue weighted by Gasteiger charge is -2.25. The number of oxazole rings is 1. The number of rotatable bonds is 4. The second-order valence-corrected chi connectivity index (χ2v) is 5.77. The van der Waals surface area contributed by atoms with Crippen LogP contribution >= 0.6 is 0 Å². The average molecular weight is 294 g/mol. The van der Waals surface area contributed by atoms with Gasteiger partial charge >= 0.3 is 5.91 Å². The van der Waals surface area contributed by atoms with Gasteiger partial charge in [0, 0.05) is 39.6 Å². The molecule has 0 saturated carbocycles. The van der Waals surface area contributed by atoms with Gasteiger partial charge in [-0.15, -0.1) is 0 Å². The van der Waals surface area contributed by atoms with Crippen LogP contribution in [0.3, 0.4) is 0 Å². The number of carbonyl (C=O) groups excluding carboxylic acids is 2. The van der Waals surface area contributed by atoms with Gasteiger partial charge < -0.3 is 14.6 Å². The molecule has 0 atom stereocenters. The number of likely N-dealkylation sites (N-methyl/N-ethyl adjacent to an activating group) is 1. The minimum Gasteiger partial charge on any atom is -0.437 e. The molecule has 2 amide bonds. The van der Waals surface area contributed by atoms with E-state index in [-0.39, 0.29) is 23.7 Å². The maximum absolute atomic E-state index is 11.9. The Kier molecular flexibility index (Phi) is 4.62. The minimum atomic E-state index is -0.296. The third kappa shape index (κ3) is 3.81. The lowest BCUT2D eigenvalue weighted by Crippen LogP contribution is -2.39. The van der Waals surface area contributed by atoms with E-state index >= 15 is 0 Å². The summed E-state index contributed by atoms with van der Waals surface area (Å²) in [6, 6.07) is 0.0376. The Bertz CT molecular complexity index is 536. The molecule has 0 unspecified atom stereocenters. The molecule has 0 radical (unpaired) electrons. The second kappa shape index (κ2) is 6.26. The summed E-state index contributed by atoms with van der Waals surface area (Å²) in [7, 11) is 3.48. The van der Waals surface area contributed by atoms with Gasteiger partial charge in [0.25, 0.3) is 5.89 Å². The second-order valence-electron chi connectivity index (χ2n) is 5.77. The van der Waals surface area contributed by atoms with Crippen LogP contribution in [0.5, 0.6) is 0 Å². The van der Waals surface area contributed by atoms with Gasteiger partial charge in [-0.1, -0.05) is 0 Å². The number of aromatic nitrogens is 1. The molecule has 1 N–H and O–H groups in total. The van der Waals surface area contributed by atoms with Crippen LogP contribution in [0.2, 0.25) is 0 Å². The van der Waals surface area contributed by atoms with E-state index in [9.17, 15) is 9.59 Å². The van der Waals surface area contributed by atoms with E-state index in [4.69, 9.17) is 4.42 Å². The zero-order valence-corrected chi connectivity index (χ0v) is 13.0. The van der Waals surface area contributed by atoms with Gasteiger partial charge in [-0.2, -0.15) is 0 Å². The highest BCUT2D eigenvalue weighted by molar-refractivity contribution is 5.89. The molecule has 7 nitrogen and oxygen atoms in total. The Morgan fingerprint density at radius 2 is 2.14 bits per heavy atom. The Morgan fingerprint density at radius 1 is 1.43 bits per heavy atom. The molecule has 0 aliphatic carbocycles. The minimum absolute atomic E-state index is 0.0376. The summed E-state index contributed by atoms with van der Waals surface area (Å²) in [6.45, 7) is 5.39. The van der Waals surface area contributed by atoms with Crippen LogP contribution < -0.4 is 5.32 Å². The smallest absolute Gasteiger partial charge is 0.307 e. The van der Waals surface area contributed by atoms with E-state index in [2.05, 4.69) is 10.3 Å². The molecule has 21 heavy (non-hydrogen) atoms. The zero-order valence-electron chi connectivity index (χ0n) is 13.0. The van der Waals surface area contributed by atoms with Gasteiger partial charge in [0.2, 0.25) is 5.91 Å². The Hall–Kier alpha value is -1.89. The molecule has 0 fully saturated rings. The van der Waals surface area contributed by atoms with Crippen LogP contribution in [0.4, 0.5) is 0 Å². The molecule has 1 aliphatic rings. The molecule has 1 aromatic heterocycles. The number of hydrogen-bond donors (Lipinski definition) is 1. The lowest BCUT2D eigenvalue weighted by molar-refractivity contribution is -0.130. The number of fused-ring (bicyclic) bond motifs is 1. The Labute approximate surface area is 124 Å². The van der Waals surface area contributed by atoms with Crippen molar-refractivity contribution in [1.29, 1.82) is 0 Å². The van der Waals surface area contributed by atoms with E-state index in [1.54, 1.807) is 19.0 Å². The summed E-state index contributed by atoms with van der Waals surface area (Å²) in [5.41, 5.74) is 0.752. The molecule has 7 heteroatoms. The molecule has 116 valence electrons. The van der Waals surface area contributed by atoms with Crippen molar-refractivity contribution in [2.24, 2.45) is 0 Å². The van der Waals surface area contributed by atoms with Crippen molar-refractivity contribution in [3.8, 4) is 0 Å². The lowest BCUT2D eigenvalue weighted by atomic mass is 10.1. The van der Waals surface area contributed by atoms with E-state index in [1.807, 2.05) is 18.7 Å². The van der Waals surface area contributed by atoms with Crippen molar-refractivity contribution in [3.05, 3.63) is 17.3 Å². The van der Waals surface area contributed by atoms with Gasteiger partial charge in [-0.25, -0.2) is 4.98 Å². The van der Waals surface area contributed by atoms with Gasteiger partial charge in [-0.3, -0.25) is 14.5 Å². The summed E-state index contributed by atoms with van der Waals surface area (Å²) < 4.78 is 5.52. The summed E-state index contributed by atoms with van der Waals surface area (Å²) in [5.74, 6) is 0.613. The first-order chi connectivity index (χ1) is 9.86. The first kappa shape index (κ1) is 15.5. The molecule has 1 aromatic rings. The summed E-state index contributed by atoms with van der Waals surface area (Å²) >= 11 is 0. The number of nitrogens with one attached hydrogen (secondary N) is 1. The number of nitrogens with zero attached hydrogens (tertiary/aromatic N) is 3.